The van der Waals surface area contributed by atoms with E-state index in [9.17, 15) is 19.2 Å². The number of nitrogens with one attached hydrogen (secondary N) is 2. The number of carbonyl (C=O) groups excluding carboxylic acids is 4. The van der Waals surface area contributed by atoms with Crippen molar-refractivity contribution in [3.05, 3.63) is 65.7 Å². The van der Waals surface area contributed by atoms with Crippen molar-refractivity contribution in [2.75, 3.05) is 27.2 Å². The fourth-order valence-electron chi connectivity index (χ4n) is 6.32. The van der Waals surface area contributed by atoms with Gasteiger partial charge in [-0.05, 0) is 82.7 Å². The Balaban J connectivity index is 1.49. The summed E-state index contributed by atoms with van der Waals surface area (Å²) in [5, 5.41) is 5.99. The summed E-state index contributed by atoms with van der Waals surface area (Å²) in [6, 6.07) is 14.5. The van der Waals surface area contributed by atoms with Crippen LogP contribution in [0.25, 0.3) is 0 Å². The number of carbonyl (C=O) groups is 4. The van der Waals surface area contributed by atoms with E-state index in [4.69, 9.17) is 15.2 Å². The Morgan fingerprint density at radius 3 is 2.30 bits per heavy atom. The molecule has 0 bridgehead atoms. The first-order chi connectivity index (χ1) is 21.9. The minimum absolute atomic E-state index is 0.106. The van der Waals surface area contributed by atoms with Crippen LogP contribution >= 0.6 is 0 Å². The minimum atomic E-state index is -0.946. The molecule has 0 radical (unpaired) electrons. The molecule has 2 aliphatic rings. The van der Waals surface area contributed by atoms with Gasteiger partial charge in [0.15, 0.2) is 0 Å². The molecular weight excluding hydrogens is 586 g/mol. The molecule has 5 atom stereocenters. The summed E-state index contributed by atoms with van der Waals surface area (Å²) in [7, 11) is 3.14. The molecule has 11 nitrogen and oxygen atoms in total. The number of nitrogens with zero attached hydrogens (tertiary/aromatic N) is 2. The third kappa shape index (κ3) is 8.78. The average molecular weight is 636 g/mol. The molecule has 4 amide bonds. The summed E-state index contributed by atoms with van der Waals surface area (Å²) in [6.07, 6.45) is 2.81. The van der Waals surface area contributed by atoms with Crippen LogP contribution in [-0.4, -0.2) is 90.6 Å². The predicted octanol–water partition coefficient (Wildman–Crippen LogP) is 3.05. The highest BCUT2D eigenvalue weighted by molar-refractivity contribution is 5.95. The molecule has 2 aromatic carbocycles. The van der Waals surface area contributed by atoms with Gasteiger partial charge in [0.05, 0.1) is 7.11 Å². The zero-order chi connectivity index (χ0) is 33.4. The van der Waals surface area contributed by atoms with Gasteiger partial charge in [-0.1, -0.05) is 42.5 Å². The minimum Gasteiger partial charge on any atom is -0.497 e. The van der Waals surface area contributed by atoms with Gasteiger partial charge in [0.1, 0.15) is 29.5 Å². The van der Waals surface area contributed by atoms with Crippen molar-refractivity contribution in [3.8, 4) is 5.75 Å². The fraction of sp³-hybridized carbons (Fsp3) is 0.543. The Bertz CT molecular complexity index is 1350. The fourth-order valence-corrected chi connectivity index (χ4v) is 6.32. The van der Waals surface area contributed by atoms with Crippen molar-refractivity contribution < 1.29 is 28.7 Å². The summed E-state index contributed by atoms with van der Waals surface area (Å²) in [6.45, 7) is 5.91. The first-order valence-corrected chi connectivity index (χ1v) is 16.1. The van der Waals surface area contributed by atoms with Crippen molar-refractivity contribution >= 4 is 23.8 Å². The maximum absolute atomic E-state index is 14.2. The van der Waals surface area contributed by atoms with Gasteiger partial charge in [0.2, 0.25) is 17.7 Å². The molecule has 11 heteroatoms. The van der Waals surface area contributed by atoms with Gasteiger partial charge in [-0.3, -0.25) is 19.3 Å². The van der Waals surface area contributed by atoms with Crippen molar-refractivity contribution in [1.82, 2.24) is 20.4 Å². The monoisotopic (exact) mass is 635 g/mol. The van der Waals surface area contributed by atoms with Crippen molar-refractivity contribution in [1.29, 1.82) is 0 Å². The molecule has 2 fully saturated rings. The Labute approximate surface area is 272 Å². The second-order valence-electron chi connectivity index (χ2n) is 13.2. The number of ether oxygens (including phenoxy) is 2. The summed E-state index contributed by atoms with van der Waals surface area (Å²) in [4.78, 5) is 57.7. The van der Waals surface area contributed by atoms with Gasteiger partial charge in [-0.15, -0.1) is 0 Å². The standard InChI is InChI=1S/C35H49N5O6/c1-35(2,3)46-34(44)39(4)29(21-24-9-7-6-8-10-24)32(42)38-30-25(22-36)13-14-26-15-18-28(40(26)33(30)43)31(41)37-20-19-23-11-16-27(45-5)17-12-23/h6-12,16-17,25-26,28-30H,13-15,18-22,36H2,1-5H3,(H,37,41)(H,38,42). The highest BCUT2D eigenvalue weighted by atomic mass is 16.6. The lowest BCUT2D eigenvalue weighted by molar-refractivity contribution is -0.144. The van der Waals surface area contributed by atoms with Crippen LogP contribution in [0, 0.1) is 5.92 Å². The Morgan fingerprint density at radius 2 is 1.67 bits per heavy atom. The number of hydrogen-bond donors (Lipinski definition) is 3. The van der Waals surface area contributed by atoms with Crippen LogP contribution in [0.1, 0.15) is 57.6 Å². The van der Waals surface area contributed by atoms with Crippen LogP contribution in [0.3, 0.4) is 0 Å². The Morgan fingerprint density at radius 1 is 1.00 bits per heavy atom. The maximum Gasteiger partial charge on any atom is 0.410 e. The Kier molecular flexibility index (Phi) is 11.7. The molecular formula is C35H49N5O6. The molecule has 2 heterocycles. The number of fused-ring (bicyclic) bond motifs is 1. The van der Waals surface area contributed by atoms with Crippen LogP contribution in [-0.2, 0) is 32.0 Å². The lowest BCUT2D eigenvalue weighted by Crippen LogP contribution is -2.60. The third-order valence-corrected chi connectivity index (χ3v) is 8.86. The van der Waals surface area contributed by atoms with Crippen LogP contribution < -0.4 is 21.1 Å². The number of hydrogen-bond acceptors (Lipinski definition) is 7. The molecule has 250 valence electrons. The first kappa shape index (κ1) is 34.7. The summed E-state index contributed by atoms with van der Waals surface area (Å²) in [5.74, 6) is -0.535. The first-order valence-electron chi connectivity index (χ1n) is 16.1. The van der Waals surface area contributed by atoms with Gasteiger partial charge in [-0.2, -0.15) is 0 Å². The van der Waals surface area contributed by atoms with Gasteiger partial charge in [0.25, 0.3) is 0 Å². The summed E-state index contributed by atoms with van der Waals surface area (Å²) in [5.41, 5.74) is 7.33. The number of methoxy groups -OCH3 is 1. The molecule has 2 saturated heterocycles. The van der Waals surface area contributed by atoms with Crippen LogP contribution in [0.4, 0.5) is 4.79 Å². The highest BCUT2D eigenvalue weighted by Crippen LogP contribution is 2.34. The van der Waals surface area contributed by atoms with E-state index in [0.717, 1.165) is 16.9 Å². The summed E-state index contributed by atoms with van der Waals surface area (Å²) < 4.78 is 10.8. The van der Waals surface area contributed by atoms with Crippen LogP contribution in [0.5, 0.6) is 5.75 Å². The number of amides is 4. The molecule has 0 saturated carbocycles. The molecule has 4 N–H and O–H groups in total. The predicted molar refractivity (Wildman–Crippen MR) is 175 cm³/mol. The number of likely N-dealkylation sites (N-methyl/N-ethyl adjacent to an activating group) is 1. The summed E-state index contributed by atoms with van der Waals surface area (Å²) >= 11 is 0. The quantitative estimate of drug-likeness (QED) is 0.345. The molecule has 5 unspecified atom stereocenters. The van der Waals surface area contributed by atoms with E-state index in [1.54, 1.807) is 32.8 Å². The zero-order valence-electron chi connectivity index (χ0n) is 27.7. The molecule has 4 rings (SSSR count). The van der Waals surface area contributed by atoms with E-state index in [2.05, 4.69) is 10.6 Å². The molecule has 0 spiro atoms. The molecule has 46 heavy (non-hydrogen) atoms. The van der Waals surface area contributed by atoms with E-state index in [1.165, 1.54) is 11.9 Å². The van der Waals surface area contributed by atoms with E-state index in [0.29, 0.717) is 38.6 Å². The number of benzene rings is 2. The van der Waals surface area contributed by atoms with Gasteiger partial charge < -0.3 is 30.7 Å². The van der Waals surface area contributed by atoms with E-state index < -0.39 is 35.7 Å². The molecule has 2 aliphatic heterocycles. The lowest BCUT2D eigenvalue weighted by atomic mass is 9.93. The largest absolute Gasteiger partial charge is 0.497 e. The lowest BCUT2D eigenvalue weighted by Gasteiger charge is -2.34. The molecule has 0 aromatic heterocycles. The van der Waals surface area contributed by atoms with Crippen LogP contribution in [0.15, 0.2) is 54.6 Å². The molecule has 2 aromatic rings. The van der Waals surface area contributed by atoms with Gasteiger partial charge in [0, 0.05) is 32.0 Å². The number of rotatable bonds is 11. The second kappa shape index (κ2) is 15.4. The maximum atomic E-state index is 14.2. The van der Waals surface area contributed by atoms with Gasteiger partial charge in [-0.25, -0.2) is 4.79 Å². The van der Waals surface area contributed by atoms with Crippen molar-refractivity contribution in [3.63, 3.8) is 0 Å². The smallest absolute Gasteiger partial charge is 0.410 e. The topological polar surface area (TPSA) is 143 Å². The molecule has 0 aliphatic carbocycles. The van der Waals surface area contributed by atoms with E-state index in [-0.39, 0.29) is 36.7 Å². The third-order valence-electron chi connectivity index (χ3n) is 8.86. The van der Waals surface area contributed by atoms with E-state index >= 15 is 0 Å². The SMILES string of the molecule is COc1ccc(CCNC(=O)C2CCC3CCC(CN)C(NC(=O)C(Cc4ccccc4)N(C)C(=O)OC(C)(C)C)C(=O)N32)cc1. The number of nitrogens with two attached hydrogens (primary N) is 1. The van der Waals surface area contributed by atoms with E-state index in [1.807, 2.05) is 54.6 Å². The average Bonchev–Trinajstić information content (AvgIpc) is 3.41. The highest BCUT2D eigenvalue weighted by Gasteiger charge is 2.47. The van der Waals surface area contributed by atoms with Crippen molar-refractivity contribution in [2.45, 2.75) is 89.1 Å². The Hall–Kier alpha value is -4.12. The zero-order valence-corrected chi connectivity index (χ0v) is 27.7. The normalized spacial score (nSPS) is 21.9. The van der Waals surface area contributed by atoms with Crippen molar-refractivity contribution in [2.24, 2.45) is 11.7 Å². The van der Waals surface area contributed by atoms with Gasteiger partial charge >= 0.3 is 6.09 Å². The van der Waals surface area contributed by atoms with Crippen LogP contribution in [0.2, 0.25) is 0 Å². The second-order valence-corrected chi connectivity index (χ2v) is 13.2.